The van der Waals surface area contributed by atoms with Crippen LogP contribution in [0.15, 0.2) is 59.9 Å². The van der Waals surface area contributed by atoms with Crippen molar-refractivity contribution in [2.75, 3.05) is 0 Å². The van der Waals surface area contributed by atoms with Crippen LogP contribution in [0, 0.1) is 23.2 Å². The molecule has 0 aromatic carbocycles. The molecule has 0 aromatic rings. The molecular formula is C30H42N2O5. The highest BCUT2D eigenvalue weighted by Gasteiger charge is 2.31. The maximum Gasteiger partial charge on any atom is 0.333 e. The van der Waals surface area contributed by atoms with Crippen molar-refractivity contribution in [2.24, 2.45) is 11.3 Å². The number of aliphatic hydroxyl groups is 1. The molecule has 0 saturated carbocycles. The predicted octanol–water partition coefficient (Wildman–Crippen LogP) is 4.27. The smallest absolute Gasteiger partial charge is 0.333 e. The average Bonchev–Trinajstić information content (AvgIpc) is 2.82. The number of hydrogen-bond acceptors (Lipinski definition) is 5. The van der Waals surface area contributed by atoms with Crippen molar-refractivity contribution >= 4 is 17.8 Å². The van der Waals surface area contributed by atoms with E-state index in [0.717, 1.165) is 5.57 Å². The van der Waals surface area contributed by atoms with Crippen LogP contribution in [-0.2, 0) is 19.1 Å². The summed E-state index contributed by atoms with van der Waals surface area (Å²) in [6.07, 6.45) is 14.3. The zero-order chi connectivity index (χ0) is 28.0. The normalized spacial score (nSPS) is 19.1. The number of cyclic esters (lactones) is 1. The first-order chi connectivity index (χ1) is 17.3. The average molecular weight is 511 g/mol. The lowest BCUT2D eigenvalue weighted by Crippen LogP contribution is -2.52. The van der Waals surface area contributed by atoms with Crippen molar-refractivity contribution in [1.82, 2.24) is 10.6 Å². The molecule has 7 nitrogen and oxygen atoms in total. The minimum absolute atomic E-state index is 0.0543. The van der Waals surface area contributed by atoms with E-state index in [9.17, 15) is 19.5 Å². The van der Waals surface area contributed by atoms with Gasteiger partial charge < -0.3 is 20.5 Å². The first-order valence-corrected chi connectivity index (χ1v) is 12.6. The third-order valence-corrected chi connectivity index (χ3v) is 5.75. The molecule has 0 unspecified atom stereocenters. The molecule has 37 heavy (non-hydrogen) atoms. The summed E-state index contributed by atoms with van der Waals surface area (Å²) >= 11 is 0. The number of aliphatic hydroxyl groups excluding tert-OH is 1. The van der Waals surface area contributed by atoms with Crippen LogP contribution in [0.4, 0.5) is 0 Å². The van der Waals surface area contributed by atoms with Gasteiger partial charge in [0.2, 0.25) is 11.8 Å². The monoisotopic (exact) mass is 510 g/mol. The van der Waals surface area contributed by atoms with Gasteiger partial charge in [0.25, 0.3) is 0 Å². The van der Waals surface area contributed by atoms with Crippen LogP contribution in [0.2, 0.25) is 0 Å². The summed E-state index contributed by atoms with van der Waals surface area (Å²) in [7, 11) is 0. The molecule has 0 aliphatic carbocycles. The fourth-order valence-electron chi connectivity index (χ4n) is 3.52. The Bertz CT molecular complexity index is 1010. The van der Waals surface area contributed by atoms with E-state index in [4.69, 9.17) is 4.74 Å². The number of amides is 2. The molecule has 1 heterocycles. The minimum Gasteiger partial charge on any atom is -0.458 e. The van der Waals surface area contributed by atoms with Gasteiger partial charge in [0.1, 0.15) is 12.1 Å². The Morgan fingerprint density at radius 3 is 2.57 bits per heavy atom. The molecular weight excluding hydrogens is 468 g/mol. The van der Waals surface area contributed by atoms with Crippen LogP contribution in [0.3, 0.4) is 0 Å². The van der Waals surface area contributed by atoms with E-state index < -0.39 is 17.6 Å². The van der Waals surface area contributed by atoms with Crippen LogP contribution < -0.4 is 10.6 Å². The van der Waals surface area contributed by atoms with Crippen molar-refractivity contribution in [3.05, 3.63) is 59.9 Å². The molecule has 0 bridgehead atoms. The Kier molecular flexibility index (Phi) is 13.4. The zero-order valence-electron chi connectivity index (χ0n) is 23.1. The summed E-state index contributed by atoms with van der Waals surface area (Å²) < 4.78 is 5.46. The first kappa shape index (κ1) is 31.7. The van der Waals surface area contributed by atoms with Gasteiger partial charge in [0.05, 0.1) is 6.10 Å². The summed E-state index contributed by atoms with van der Waals surface area (Å²) in [6.45, 7) is 13.0. The SMILES string of the molecule is CC#CC[C@H](O)C/C=C\NC(=O)[C@@H](NC(=O)\C=C/C=C\C(C)=C\[C@H](C)[C@@H]1CC=C(C)C(=O)O1)C(C)(C)C. The second-order valence-electron chi connectivity index (χ2n) is 10.3. The standard InChI is InChI=1S/C30H42N2O5/c1-8-9-14-24(33)15-12-19-31-28(35)27(30(5,6)7)32-26(34)16-11-10-13-21(2)20-23(4)25-18-17-22(3)29(36)37-25/h10-13,16-17,19-20,23-25,27,33H,14-15,18H2,1-7H3,(H,31,35)(H,32,34)/b13-10-,16-11-,19-12-,21-20+/t23-,24-,25-,27+/m0/s1. The summed E-state index contributed by atoms with van der Waals surface area (Å²) in [4.78, 5) is 36.9. The van der Waals surface area contributed by atoms with Gasteiger partial charge in [-0.25, -0.2) is 4.79 Å². The summed E-state index contributed by atoms with van der Waals surface area (Å²) in [6, 6.07) is -0.757. The lowest BCUT2D eigenvalue weighted by molar-refractivity contribution is -0.147. The van der Waals surface area contributed by atoms with Gasteiger partial charge in [-0.3, -0.25) is 9.59 Å². The van der Waals surface area contributed by atoms with Gasteiger partial charge in [-0.05, 0) is 38.8 Å². The number of ether oxygens (including phenoxy) is 1. The van der Waals surface area contributed by atoms with E-state index in [2.05, 4.69) is 22.5 Å². The fraction of sp³-hybridized carbons (Fsp3) is 0.500. The van der Waals surface area contributed by atoms with Crippen molar-refractivity contribution in [3.63, 3.8) is 0 Å². The first-order valence-electron chi connectivity index (χ1n) is 12.6. The summed E-state index contributed by atoms with van der Waals surface area (Å²) in [5.74, 6) is 4.59. The van der Waals surface area contributed by atoms with E-state index in [-0.39, 0.29) is 29.8 Å². The quantitative estimate of drug-likeness (QED) is 0.167. The van der Waals surface area contributed by atoms with Gasteiger partial charge in [-0.1, -0.05) is 69.7 Å². The largest absolute Gasteiger partial charge is 0.458 e. The van der Waals surface area contributed by atoms with Crippen molar-refractivity contribution in [2.45, 2.75) is 86.0 Å². The predicted molar refractivity (Wildman–Crippen MR) is 147 cm³/mol. The van der Waals surface area contributed by atoms with Gasteiger partial charge in [-0.15, -0.1) is 11.8 Å². The molecule has 0 saturated heterocycles. The van der Waals surface area contributed by atoms with E-state index in [1.807, 2.05) is 52.8 Å². The third-order valence-electron chi connectivity index (χ3n) is 5.75. The fourth-order valence-corrected chi connectivity index (χ4v) is 3.52. The molecule has 202 valence electrons. The maximum atomic E-state index is 12.7. The van der Waals surface area contributed by atoms with Crippen LogP contribution in [0.5, 0.6) is 0 Å². The second kappa shape index (κ2) is 15.7. The lowest BCUT2D eigenvalue weighted by Gasteiger charge is -2.29. The number of carbonyl (C=O) groups is 3. The van der Waals surface area contributed by atoms with E-state index in [1.165, 1.54) is 12.3 Å². The van der Waals surface area contributed by atoms with Crippen LogP contribution in [-0.4, -0.2) is 41.1 Å². The van der Waals surface area contributed by atoms with Crippen LogP contribution in [0.25, 0.3) is 0 Å². The molecule has 1 aliphatic heterocycles. The minimum atomic E-state index is -0.757. The lowest BCUT2D eigenvalue weighted by atomic mass is 9.86. The van der Waals surface area contributed by atoms with Gasteiger partial charge in [-0.2, -0.15) is 0 Å². The summed E-state index contributed by atoms with van der Waals surface area (Å²) in [5, 5.41) is 15.2. The number of esters is 1. The highest BCUT2D eigenvalue weighted by Crippen LogP contribution is 2.22. The van der Waals surface area contributed by atoms with E-state index in [0.29, 0.717) is 24.8 Å². The number of carbonyl (C=O) groups excluding carboxylic acids is 3. The number of rotatable bonds is 11. The van der Waals surface area contributed by atoms with Crippen molar-refractivity contribution in [1.29, 1.82) is 0 Å². The maximum absolute atomic E-state index is 12.7. The van der Waals surface area contributed by atoms with Crippen molar-refractivity contribution in [3.8, 4) is 11.8 Å². The Morgan fingerprint density at radius 2 is 1.95 bits per heavy atom. The number of allylic oxidation sites excluding steroid dienone is 4. The van der Waals surface area contributed by atoms with E-state index in [1.54, 1.807) is 32.1 Å². The highest BCUT2D eigenvalue weighted by atomic mass is 16.5. The molecule has 0 radical (unpaired) electrons. The Labute approximate surface area is 221 Å². The third kappa shape index (κ3) is 12.4. The Morgan fingerprint density at radius 1 is 1.27 bits per heavy atom. The molecule has 3 N–H and O–H groups in total. The van der Waals surface area contributed by atoms with Gasteiger partial charge in [0.15, 0.2) is 0 Å². The molecule has 0 spiro atoms. The zero-order valence-corrected chi connectivity index (χ0v) is 23.1. The van der Waals surface area contributed by atoms with Gasteiger partial charge in [0, 0.05) is 30.4 Å². The number of hydrogen-bond donors (Lipinski definition) is 3. The second-order valence-corrected chi connectivity index (χ2v) is 10.3. The number of nitrogens with one attached hydrogen (secondary N) is 2. The molecule has 2 amide bonds. The topological polar surface area (TPSA) is 105 Å². The van der Waals surface area contributed by atoms with Crippen LogP contribution >= 0.6 is 0 Å². The molecule has 0 aromatic heterocycles. The van der Waals surface area contributed by atoms with Crippen LogP contribution in [0.1, 0.15) is 67.7 Å². The molecule has 4 atom stereocenters. The van der Waals surface area contributed by atoms with Gasteiger partial charge >= 0.3 is 5.97 Å². The Balaban J connectivity index is 2.64. The Hall–Kier alpha value is -3.37. The highest BCUT2D eigenvalue weighted by molar-refractivity contribution is 5.93. The summed E-state index contributed by atoms with van der Waals surface area (Å²) in [5.41, 5.74) is 1.10. The van der Waals surface area contributed by atoms with E-state index >= 15 is 0 Å². The molecule has 7 heteroatoms. The molecule has 0 fully saturated rings. The molecule has 1 aliphatic rings. The molecule has 1 rings (SSSR count). The van der Waals surface area contributed by atoms with Crippen molar-refractivity contribution < 1.29 is 24.2 Å².